The number of methoxy groups -OCH3 is 1. The van der Waals surface area contributed by atoms with Gasteiger partial charge in [0, 0.05) is 11.8 Å². The summed E-state index contributed by atoms with van der Waals surface area (Å²) in [5, 5.41) is 0.850. The molecule has 0 radical (unpaired) electrons. The molecular weight excluding hydrogens is 304 g/mol. The van der Waals surface area contributed by atoms with Crippen LogP contribution < -0.4 is 9.47 Å². The molecular formula is C16H17BrO2. The SMILES string of the molecule is COc1ccc(CCOc2cccc(CBr)c2)cc1. The van der Waals surface area contributed by atoms with Gasteiger partial charge in [0.05, 0.1) is 13.7 Å². The van der Waals surface area contributed by atoms with Crippen molar-refractivity contribution in [2.24, 2.45) is 0 Å². The highest BCUT2D eigenvalue weighted by molar-refractivity contribution is 9.08. The van der Waals surface area contributed by atoms with Gasteiger partial charge in [-0.1, -0.05) is 40.2 Å². The van der Waals surface area contributed by atoms with E-state index in [9.17, 15) is 0 Å². The molecule has 0 heterocycles. The lowest BCUT2D eigenvalue weighted by Gasteiger charge is -2.08. The van der Waals surface area contributed by atoms with Gasteiger partial charge in [-0.3, -0.25) is 0 Å². The van der Waals surface area contributed by atoms with Crippen molar-refractivity contribution >= 4 is 15.9 Å². The van der Waals surface area contributed by atoms with Crippen LogP contribution in [-0.4, -0.2) is 13.7 Å². The third-order valence-corrected chi connectivity index (χ3v) is 3.52. The lowest BCUT2D eigenvalue weighted by Crippen LogP contribution is -2.01. The highest BCUT2D eigenvalue weighted by Gasteiger charge is 1.98. The Hall–Kier alpha value is -1.48. The molecule has 0 aliphatic carbocycles. The van der Waals surface area contributed by atoms with Gasteiger partial charge in [-0.15, -0.1) is 0 Å². The van der Waals surface area contributed by atoms with Gasteiger partial charge in [-0.05, 0) is 35.4 Å². The lowest BCUT2D eigenvalue weighted by molar-refractivity contribution is 0.321. The Bertz CT molecular complexity index is 508. The first-order valence-corrected chi connectivity index (χ1v) is 7.34. The minimum atomic E-state index is 0.679. The first-order chi connectivity index (χ1) is 9.31. The molecule has 2 nitrogen and oxygen atoms in total. The van der Waals surface area contributed by atoms with Gasteiger partial charge in [-0.25, -0.2) is 0 Å². The second-order valence-electron chi connectivity index (χ2n) is 4.23. The summed E-state index contributed by atoms with van der Waals surface area (Å²) in [6, 6.07) is 16.2. The van der Waals surface area contributed by atoms with Crippen molar-refractivity contribution in [3.8, 4) is 11.5 Å². The van der Waals surface area contributed by atoms with Crippen LogP contribution in [0.3, 0.4) is 0 Å². The number of hydrogen-bond donors (Lipinski definition) is 0. The second kappa shape index (κ2) is 7.19. The summed E-state index contributed by atoms with van der Waals surface area (Å²) in [6.07, 6.45) is 0.891. The van der Waals surface area contributed by atoms with E-state index in [1.807, 2.05) is 24.3 Å². The van der Waals surface area contributed by atoms with Crippen LogP contribution in [-0.2, 0) is 11.8 Å². The lowest BCUT2D eigenvalue weighted by atomic mass is 10.1. The average Bonchev–Trinajstić information content (AvgIpc) is 2.48. The van der Waals surface area contributed by atoms with E-state index in [1.54, 1.807) is 7.11 Å². The standard InChI is InChI=1S/C16H17BrO2/c1-18-15-7-5-13(6-8-15)9-10-19-16-4-2-3-14(11-16)12-17/h2-8,11H,9-10,12H2,1H3. The first kappa shape index (κ1) is 13.9. The van der Waals surface area contributed by atoms with Crippen LogP contribution in [0, 0.1) is 0 Å². The Morgan fingerprint density at radius 3 is 2.42 bits per heavy atom. The van der Waals surface area contributed by atoms with Crippen molar-refractivity contribution in [2.75, 3.05) is 13.7 Å². The Morgan fingerprint density at radius 1 is 0.947 bits per heavy atom. The van der Waals surface area contributed by atoms with E-state index in [1.165, 1.54) is 11.1 Å². The van der Waals surface area contributed by atoms with Gasteiger partial charge in [0.15, 0.2) is 0 Å². The highest BCUT2D eigenvalue weighted by Crippen LogP contribution is 2.16. The van der Waals surface area contributed by atoms with Crippen molar-refractivity contribution < 1.29 is 9.47 Å². The molecule has 0 bridgehead atoms. The zero-order valence-corrected chi connectivity index (χ0v) is 12.5. The predicted molar refractivity (Wildman–Crippen MR) is 81.3 cm³/mol. The topological polar surface area (TPSA) is 18.5 Å². The van der Waals surface area contributed by atoms with Crippen LogP contribution in [0.15, 0.2) is 48.5 Å². The maximum Gasteiger partial charge on any atom is 0.119 e. The van der Waals surface area contributed by atoms with Crippen LogP contribution in [0.4, 0.5) is 0 Å². The number of alkyl halides is 1. The van der Waals surface area contributed by atoms with E-state index in [4.69, 9.17) is 9.47 Å². The molecule has 0 spiro atoms. The van der Waals surface area contributed by atoms with Crippen molar-refractivity contribution in [3.05, 3.63) is 59.7 Å². The summed E-state index contributed by atoms with van der Waals surface area (Å²) >= 11 is 3.44. The summed E-state index contributed by atoms with van der Waals surface area (Å²) in [4.78, 5) is 0. The summed E-state index contributed by atoms with van der Waals surface area (Å²) in [5.74, 6) is 1.81. The van der Waals surface area contributed by atoms with Crippen LogP contribution in [0.1, 0.15) is 11.1 Å². The third-order valence-electron chi connectivity index (χ3n) is 2.87. The molecule has 3 heteroatoms. The fraction of sp³-hybridized carbons (Fsp3) is 0.250. The van der Waals surface area contributed by atoms with E-state index in [-0.39, 0.29) is 0 Å². The van der Waals surface area contributed by atoms with Crippen molar-refractivity contribution in [1.82, 2.24) is 0 Å². The molecule has 2 aromatic rings. The highest BCUT2D eigenvalue weighted by atomic mass is 79.9. The Kier molecular flexibility index (Phi) is 5.28. The smallest absolute Gasteiger partial charge is 0.119 e. The van der Waals surface area contributed by atoms with Crippen LogP contribution >= 0.6 is 15.9 Å². The maximum atomic E-state index is 5.76. The Labute approximate surface area is 122 Å². The van der Waals surface area contributed by atoms with Gasteiger partial charge in [-0.2, -0.15) is 0 Å². The van der Waals surface area contributed by atoms with E-state index in [0.717, 1.165) is 23.2 Å². The van der Waals surface area contributed by atoms with Crippen molar-refractivity contribution in [3.63, 3.8) is 0 Å². The fourth-order valence-corrected chi connectivity index (χ4v) is 2.15. The first-order valence-electron chi connectivity index (χ1n) is 6.22. The Balaban J connectivity index is 1.85. The van der Waals surface area contributed by atoms with Crippen LogP contribution in [0.5, 0.6) is 11.5 Å². The van der Waals surface area contributed by atoms with Gasteiger partial charge in [0.1, 0.15) is 11.5 Å². The van der Waals surface area contributed by atoms with Crippen molar-refractivity contribution in [1.29, 1.82) is 0 Å². The third kappa shape index (κ3) is 4.28. The maximum absolute atomic E-state index is 5.76. The summed E-state index contributed by atoms with van der Waals surface area (Å²) in [5.41, 5.74) is 2.47. The molecule has 0 aromatic heterocycles. The molecule has 0 saturated carbocycles. The normalized spacial score (nSPS) is 10.2. The van der Waals surface area contributed by atoms with E-state index in [0.29, 0.717) is 6.61 Å². The minimum absolute atomic E-state index is 0.679. The van der Waals surface area contributed by atoms with Gasteiger partial charge >= 0.3 is 0 Å². The molecule has 0 aliphatic rings. The zero-order valence-electron chi connectivity index (χ0n) is 10.9. The quantitative estimate of drug-likeness (QED) is 0.742. The van der Waals surface area contributed by atoms with Gasteiger partial charge < -0.3 is 9.47 Å². The van der Waals surface area contributed by atoms with E-state index >= 15 is 0 Å². The molecule has 19 heavy (non-hydrogen) atoms. The molecule has 0 amide bonds. The summed E-state index contributed by atoms with van der Waals surface area (Å²) in [7, 11) is 1.68. The van der Waals surface area contributed by atoms with Crippen molar-refractivity contribution in [2.45, 2.75) is 11.8 Å². The molecule has 0 aliphatic heterocycles. The molecule has 0 fully saturated rings. The number of halogens is 1. The van der Waals surface area contributed by atoms with Gasteiger partial charge in [0.2, 0.25) is 0 Å². The van der Waals surface area contributed by atoms with Crippen LogP contribution in [0.25, 0.3) is 0 Å². The molecule has 0 atom stereocenters. The number of benzene rings is 2. The second-order valence-corrected chi connectivity index (χ2v) is 4.79. The summed E-state index contributed by atoms with van der Waals surface area (Å²) in [6.45, 7) is 0.679. The van der Waals surface area contributed by atoms with E-state index < -0.39 is 0 Å². The molecule has 100 valence electrons. The summed E-state index contributed by atoms with van der Waals surface area (Å²) < 4.78 is 10.9. The predicted octanol–water partition coefficient (Wildman–Crippen LogP) is 4.21. The zero-order chi connectivity index (χ0) is 13.5. The molecule has 0 unspecified atom stereocenters. The van der Waals surface area contributed by atoms with E-state index in [2.05, 4.69) is 40.2 Å². The largest absolute Gasteiger partial charge is 0.497 e. The molecule has 2 rings (SSSR count). The minimum Gasteiger partial charge on any atom is -0.497 e. The Morgan fingerprint density at radius 2 is 1.74 bits per heavy atom. The fourth-order valence-electron chi connectivity index (χ4n) is 1.80. The number of rotatable bonds is 6. The van der Waals surface area contributed by atoms with Crippen LogP contribution in [0.2, 0.25) is 0 Å². The molecule has 0 N–H and O–H groups in total. The van der Waals surface area contributed by atoms with Gasteiger partial charge in [0.25, 0.3) is 0 Å². The average molecular weight is 321 g/mol. The molecule has 2 aromatic carbocycles. The monoisotopic (exact) mass is 320 g/mol. The molecule has 0 saturated heterocycles. The number of ether oxygens (including phenoxy) is 2. The number of hydrogen-bond acceptors (Lipinski definition) is 2.